The van der Waals surface area contributed by atoms with Crippen molar-refractivity contribution in [3.63, 3.8) is 0 Å². The molecule has 194 valence electrons. The SMILES string of the molecule is COc1cccc(-c2nc(N)c3ncn(CCCCOC(=O)NCc4cccc(C(C)(C)F)c4)c3n2)c1. The van der Waals surface area contributed by atoms with Crippen LogP contribution in [0.1, 0.15) is 37.8 Å². The number of nitrogens with two attached hydrogens (primary N) is 1. The summed E-state index contributed by atoms with van der Waals surface area (Å²) in [6.07, 6.45) is 2.57. The number of anilines is 1. The van der Waals surface area contributed by atoms with Crippen LogP contribution in [0.3, 0.4) is 0 Å². The van der Waals surface area contributed by atoms with Crippen LogP contribution in [-0.4, -0.2) is 39.3 Å². The number of aromatic nitrogens is 4. The third kappa shape index (κ3) is 6.52. The molecule has 0 radical (unpaired) electrons. The zero-order valence-corrected chi connectivity index (χ0v) is 21.2. The van der Waals surface area contributed by atoms with Crippen LogP contribution in [0.2, 0.25) is 0 Å². The number of rotatable bonds is 10. The number of amides is 1. The number of ether oxygens (including phenoxy) is 2. The summed E-state index contributed by atoms with van der Waals surface area (Å²) in [6, 6.07) is 14.5. The molecule has 0 saturated carbocycles. The normalized spacial score (nSPS) is 11.5. The van der Waals surface area contributed by atoms with Crippen molar-refractivity contribution in [2.45, 2.75) is 45.4 Å². The number of alkyl halides is 1. The molecule has 0 atom stereocenters. The lowest BCUT2D eigenvalue weighted by molar-refractivity contribution is 0.143. The summed E-state index contributed by atoms with van der Waals surface area (Å²) < 4.78 is 26.6. The van der Waals surface area contributed by atoms with E-state index in [9.17, 15) is 9.18 Å². The van der Waals surface area contributed by atoms with Crippen LogP contribution in [0, 0.1) is 0 Å². The third-order valence-electron chi connectivity index (χ3n) is 5.90. The first-order valence-corrected chi connectivity index (χ1v) is 12.1. The molecule has 9 nitrogen and oxygen atoms in total. The van der Waals surface area contributed by atoms with Crippen LogP contribution in [-0.2, 0) is 23.5 Å². The van der Waals surface area contributed by atoms with Gasteiger partial charge in [0.05, 0.1) is 20.0 Å². The molecule has 2 heterocycles. The summed E-state index contributed by atoms with van der Waals surface area (Å²) in [4.78, 5) is 25.5. The predicted octanol–water partition coefficient (Wildman–Crippen LogP) is 5.00. The van der Waals surface area contributed by atoms with E-state index in [1.54, 1.807) is 31.6 Å². The maximum absolute atomic E-state index is 14.1. The van der Waals surface area contributed by atoms with Crippen LogP contribution >= 0.6 is 0 Å². The van der Waals surface area contributed by atoms with Crippen LogP contribution in [0.5, 0.6) is 5.75 Å². The van der Waals surface area contributed by atoms with Crippen molar-refractivity contribution in [2.24, 2.45) is 0 Å². The molecular formula is C27H31FN6O3. The monoisotopic (exact) mass is 506 g/mol. The highest BCUT2D eigenvalue weighted by Crippen LogP contribution is 2.26. The number of carbonyl (C=O) groups excluding carboxylic acids is 1. The summed E-state index contributed by atoms with van der Waals surface area (Å²) in [5.74, 6) is 1.50. The zero-order valence-electron chi connectivity index (χ0n) is 21.2. The van der Waals surface area contributed by atoms with Crippen molar-refractivity contribution in [3.05, 3.63) is 66.0 Å². The largest absolute Gasteiger partial charge is 0.497 e. The number of unbranched alkanes of at least 4 members (excludes halogenated alkanes) is 1. The minimum absolute atomic E-state index is 0.264. The van der Waals surface area contributed by atoms with E-state index in [-0.39, 0.29) is 13.2 Å². The molecule has 4 rings (SSSR count). The van der Waals surface area contributed by atoms with Crippen LogP contribution in [0.4, 0.5) is 15.0 Å². The van der Waals surface area contributed by atoms with E-state index < -0.39 is 11.8 Å². The quantitative estimate of drug-likeness (QED) is 0.291. The predicted molar refractivity (Wildman–Crippen MR) is 140 cm³/mol. The summed E-state index contributed by atoms with van der Waals surface area (Å²) in [5.41, 5.74) is 8.06. The molecule has 4 aromatic rings. The Morgan fingerprint density at radius 2 is 1.95 bits per heavy atom. The van der Waals surface area contributed by atoms with Gasteiger partial charge < -0.3 is 25.1 Å². The fourth-order valence-corrected chi connectivity index (χ4v) is 3.85. The van der Waals surface area contributed by atoms with E-state index in [0.29, 0.717) is 47.1 Å². The Morgan fingerprint density at radius 3 is 2.73 bits per heavy atom. The first-order valence-electron chi connectivity index (χ1n) is 12.1. The Labute approximate surface area is 214 Å². The third-order valence-corrected chi connectivity index (χ3v) is 5.90. The lowest BCUT2D eigenvalue weighted by Gasteiger charge is -2.15. The number of benzene rings is 2. The molecule has 0 aliphatic carbocycles. The molecule has 2 aromatic carbocycles. The summed E-state index contributed by atoms with van der Waals surface area (Å²) >= 11 is 0. The molecule has 0 aliphatic rings. The van der Waals surface area contributed by atoms with Crippen LogP contribution in [0.25, 0.3) is 22.6 Å². The van der Waals surface area contributed by atoms with Crippen molar-refractivity contribution in [2.75, 3.05) is 19.5 Å². The summed E-state index contributed by atoms with van der Waals surface area (Å²) in [7, 11) is 1.60. The number of aryl methyl sites for hydroxylation is 1. The number of alkyl carbamates (subject to hydrolysis) is 1. The van der Waals surface area contributed by atoms with E-state index in [4.69, 9.17) is 15.2 Å². The second kappa shape index (κ2) is 11.2. The maximum atomic E-state index is 14.1. The number of methoxy groups -OCH3 is 1. The maximum Gasteiger partial charge on any atom is 0.407 e. The molecular weight excluding hydrogens is 475 g/mol. The van der Waals surface area contributed by atoms with E-state index in [1.165, 1.54) is 13.8 Å². The zero-order chi connectivity index (χ0) is 26.4. The fourth-order valence-electron chi connectivity index (χ4n) is 3.85. The van der Waals surface area contributed by atoms with Gasteiger partial charge in [-0.15, -0.1) is 0 Å². The van der Waals surface area contributed by atoms with Crippen molar-refractivity contribution < 1.29 is 18.7 Å². The van der Waals surface area contributed by atoms with Gasteiger partial charge in [-0.2, -0.15) is 0 Å². The molecule has 3 N–H and O–H groups in total. The number of fused-ring (bicyclic) bond motifs is 1. The van der Waals surface area contributed by atoms with Crippen molar-refractivity contribution in [1.82, 2.24) is 24.8 Å². The van der Waals surface area contributed by atoms with Gasteiger partial charge in [0.2, 0.25) is 0 Å². The first-order chi connectivity index (χ1) is 17.7. The summed E-state index contributed by atoms with van der Waals surface area (Å²) in [6.45, 7) is 4.16. The lowest BCUT2D eigenvalue weighted by Crippen LogP contribution is -2.24. The van der Waals surface area contributed by atoms with Gasteiger partial charge in [0.1, 0.15) is 16.9 Å². The second-order valence-electron chi connectivity index (χ2n) is 9.14. The number of imidazole rings is 1. The van der Waals surface area contributed by atoms with Gasteiger partial charge >= 0.3 is 6.09 Å². The average molecular weight is 507 g/mol. The van der Waals surface area contributed by atoms with Crippen molar-refractivity contribution in [1.29, 1.82) is 0 Å². The lowest BCUT2D eigenvalue weighted by atomic mass is 9.98. The van der Waals surface area contributed by atoms with Gasteiger partial charge in [-0.05, 0) is 49.9 Å². The van der Waals surface area contributed by atoms with E-state index in [2.05, 4.69) is 20.3 Å². The van der Waals surface area contributed by atoms with Gasteiger partial charge in [0.15, 0.2) is 17.3 Å². The average Bonchev–Trinajstić information content (AvgIpc) is 3.30. The molecule has 1 amide bonds. The van der Waals surface area contributed by atoms with E-state index in [1.807, 2.05) is 34.9 Å². The molecule has 10 heteroatoms. The molecule has 0 aliphatic heterocycles. The Kier molecular flexibility index (Phi) is 7.86. The highest BCUT2D eigenvalue weighted by molar-refractivity contribution is 5.83. The minimum Gasteiger partial charge on any atom is -0.497 e. The number of nitrogens with one attached hydrogen (secondary N) is 1. The van der Waals surface area contributed by atoms with Gasteiger partial charge in [-0.3, -0.25) is 0 Å². The topological polar surface area (TPSA) is 117 Å². The standard InChI is InChI=1S/C27H31FN6O3/c1-27(2,28)20-10-6-8-18(14-20)16-30-26(35)37-13-5-4-12-34-17-31-22-23(29)32-24(33-25(22)34)19-9-7-11-21(15-19)36-3/h6-11,14-15,17H,4-5,12-13,16H2,1-3H3,(H,30,35)(H2,29,32,33). The minimum atomic E-state index is -1.44. The Balaban J connectivity index is 1.28. The number of hydrogen-bond acceptors (Lipinski definition) is 7. The van der Waals surface area contributed by atoms with Crippen LogP contribution < -0.4 is 15.8 Å². The Morgan fingerprint density at radius 1 is 1.14 bits per heavy atom. The number of halogens is 1. The fraction of sp³-hybridized carbons (Fsp3) is 0.333. The molecule has 0 bridgehead atoms. The van der Waals surface area contributed by atoms with Gasteiger partial charge in [-0.25, -0.2) is 24.1 Å². The van der Waals surface area contributed by atoms with Gasteiger partial charge in [0.25, 0.3) is 0 Å². The van der Waals surface area contributed by atoms with Crippen molar-refractivity contribution >= 4 is 23.1 Å². The summed E-state index contributed by atoms with van der Waals surface area (Å²) in [5, 5.41) is 2.70. The number of nitrogens with zero attached hydrogens (tertiary/aromatic N) is 4. The highest BCUT2D eigenvalue weighted by Gasteiger charge is 2.18. The Hall–Kier alpha value is -4.21. The molecule has 0 spiro atoms. The number of hydrogen-bond donors (Lipinski definition) is 2. The Bertz CT molecular complexity index is 1380. The van der Waals surface area contributed by atoms with E-state index in [0.717, 1.165) is 17.5 Å². The second-order valence-corrected chi connectivity index (χ2v) is 9.14. The molecule has 0 saturated heterocycles. The number of nitrogen functional groups attached to an aromatic ring is 1. The molecule has 37 heavy (non-hydrogen) atoms. The van der Waals surface area contributed by atoms with Crippen molar-refractivity contribution in [3.8, 4) is 17.1 Å². The van der Waals surface area contributed by atoms with Gasteiger partial charge in [0, 0.05) is 18.7 Å². The van der Waals surface area contributed by atoms with E-state index >= 15 is 0 Å². The van der Waals surface area contributed by atoms with Crippen LogP contribution in [0.15, 0.2) is 54.9 Å². The molecule has 2 aromatic heterocycles. The molecule has 0 fully saturated rings. The van der Waals surface area contributed by atoms with Gasteiger partial charge in [-0.1, -0.05) is 36.4 Å². The first kappa shape index (κ1) is 25.9. The highest BCUT2D eigenvalue weighted by atomic mass is 19.1. The molecule has 0 unspecified atom stereocenters. The smallest absolute Gasteiger partial charge is 0.407 e. The number of carbonyl (C=O) groups is 1.